The molecule has 1 rings (SSSR count). The van der Waals surface area contributed by atoms with Gasteiger partial charge >= 0.3 is 11.9 Å². The van der Waals surface area contributed by atoms with Crippen LogP contribution in [0.5, 0.6) is 0 Å². The van der Waals surface area contributed by atoms with Gasteiger partial charge in [0.1, 0.15) is 6.04 Å². The zero-order chi connectivity index (χ0) is 14.6. The average Bonchev–Trinajstić information content (AvgIpc) is 2.36. The van der Waals surface area contributed by atoms with Crippen molar-refractivity contribution in [1.29, 1.82) is 0 Å². The first-order valence-electron chi connectivity index (χ1n) is 6.35. The van der Waals surface area contributed by atoms with E-state index in [-0.39, 0.29) is 12.5 Å². The summed E-state index contributed by atoms with van der Waals surface area (Å²) < 4.78 is 4.68. The molecule has 1 aliphatic rings. The fourth-order valence-electron chi connectivity index (χ4n) is 2.32. The maximum atomic E-state index is 12.1. The van der Waals surface area contributed by atoms with Gasteiger partial charge in [-0.15, -0.1) is 0 Å². The molecule has 0 bridgehead atoms. The Labute approximate surface area is 111 Å². The molecular weight excluding hydrogens is 252 g/mol. The molecule has 0 saturated carbocycles. The average molecular weight is 272 g/mol. The number of hydrogen-bond donors (Lipinski definition) is 2. The summed E-state index contributed by atoms with van der Waals surface area (Å²) in [4.78, 5) is 36.0. The minimum Gasteiger partial charge on any atom is -0.480 e. The van der Waals surface area contributed by atoms with Crippen molar-refractivity contribution < 1.29 is 24.2 Å². The molecule has 3 unspecified atom stereocenters. The second-order valence-electron chi connectivity index (χ2n) is 4.66. The summed E-state index contributed by atoms with van der Waals surface area (Å²) in [5.41, 5.74) is 5.53. The van der Waals surface area contributed by atoms with Crippen LogP contribution in [0, 0.1) is 5.92 Å². The number of carbonyl (C=O) groups excluding carboxylic acids is 2. The minimum absolute atomic E-state index is 0.124. The van der Waals surface area contributed by atoms with Gasteiger partial charge in [-0.25, -0.2) is 9.59 Å². The van der Waals surface area contributed by atoms with Crippen LogP contribution >= 0.6 is 0 Å². The maximum Gasteiger partial charge on any atom is 0.332 e. The van der Waals surface area contributed by atoms with E-state index in [9.17, 15) is 19.5 Å². The summed E-state index contributed by atoms with van der Waals surface area (Å²) in [7, 11) is 0. The van der Waals surface area contributed by atoms with E-state index < -0.39 is 29.9 Å². The molecule has 1 amide bonds. The van der Waals surface area contributed by atoms with Gasteiger partial charge in [0.05, 0.1) is 6.61 Å². The Morgan fingerprint density at radius 2 is 2.11 bits per heavy atom. The minimum atomic E-state index is -1.45. The smallest absolute Gasteiger partial charge is 0.332 e. The van der Waals surface area contributed by atoms with Crippen molar-refractivity contribution in [3.8, 4) is 0 Å². The summed E-state index contributed by atoms with van der Waals surface area (Å²) in [5, 5.41) is 9.20. The monoisotopic (exact) mass is 272 g/mol. The van der Waals surface area contributed by atoms with Crippen molar-refractivity contribution >= 4 is 17.8 Å². The lowest BCUT2D eigenvalue weighted by Crippen LogP contribution is -2.58. The first kappa shape index (κ1) is 15.4. The van der Waals surface area contributed by atoms with Crippen molar-refractivity contribution in [3.05, 3.63) is 0 Å². The first-order chi connectivity index (χ1) is 8.90. The highest BCUT2D eigenvalue weighted by Crippen LogP contribution is 2.24. The van der Waals surface area contributed by atoms with Crippen LogP contribution < -0.4 is 5.73 Å². The number of nitrogens with two attached hydrogens (primary N) is 1. The van der Waals surface area contributed by atoms with E-state index >= 15 is 0 Å². The molecule has 1 aliphatic heterocycles. The second-order valence-corrected chi connectivity index (χ2v) is 4.66. The summed E-state index contributed by atoms with van der Waals surface area (Å²) >= 11 is 0. The van der Waals surface area contributed by atoms with Gasteiger partial charge in [-0.1, -0.05) is 6.92 Å². The number of carbonyl (C=O) groups is 3. The lowest BCUT2D eigenvalue weighted by atomic mass is 9.90. The van der Waals surface area contributed by atoms with Crippen molar-refractivity contribution in [2.24, 2.45) is 11.7 Å². The number of carboxylic acid groups (broad SMARTS) is 1. The fourth-order valence-corrected chi connectivity index (χ4v) is 2.32. The van der Waals surface area contributed by atoms with Crippen molar-refractivity contribution in [2.45, 2.75) is 38.8 Å². The van der Waals surface area contributed by atoms with Crippen LogP contribution in [0.4, 0.5) is 0 Å². The van der Waals surface area contributed by atoms with Crippen LogP contribution in [0.1, 0.15) is 26.7 Å². The molecule has 0 radical (unpaired) electrons. The highest BCUT2D eigenvalue weighted by Gasteiger charge is 2.40. The number of carboxylic acids is 1. The highest BCUT2D eigenvalue weighted by molar-refractivity contribution is 6.02. The van der Waals surface area contributed by atoms with Gasteiger partial charge in [0, 0.05) is 6.54 Å². The number of ether oxygens (including phenoxy) is 1. The van der Waals surface area contributed by atoms with Crippen molar-refractivity contribution in [2.75, 3.05) is 13.2 Å². The van der Waals surface area contributed by atoms with Gasteiger partial charge < -0.3 is 20.5 Å². The maximum absolute atomic E-state index is 12.1. The van der Waals surface area contributed by atoms with Gasteiger partial charge in [-0.05, 0) is 25.7 Å². The third kappa shape index (κ3) is 3.44. The number of esters is 1. The summed E-state index contributed by atoms with van der Waals surface area (Å²) in [5.74, 6) is -2.74. The van der Waals surface area contributed by atoms with E-state index in [2.05, 4.69) is 4.74 Å². The molecule has 0 spiro atoms. The van der Waals surface area contributed by atoms with Crippen LogP contribution in [-0.2, 0) is 19.1 Å². The van der Waals surface area contributed by atoms with Gasteiger partial charge in [0.15, 0.2) is 6.04 Å². The van der Waals surface area contributed by atoms with Crippen LogP contribution in [0.2, 0.25) is 0 Å². The third-order valence-electron chi connectivity index (χ3n) is 3.28. The number of hydrogen-bond acceptors (Lipinski definition) is 5. The summed E-state index contributed by atoms with van der Waals surface area (Å²) in [6.45, 7) is 3.80. The molecule has 1 saturated heterocycles. The number of piperidine rings is 1. The van der Waals surface area contributed by atoms with Gasteiger partial charge in [0.2, 0.25) is 0 Å². The summed E-state index contributed by atoms with van der Waals surface area (Å²) in [6.07, 6.45) is 1.43. The van der Waals surface area contributed by atoms with E-state index in [0.29, 0.717) is 13.0 Å². The molecule has 1 heterocycles. The van der Waals surface area contributed by atoms with Crippen molar-refractivity contribution in [1.82, 2.24) is 4.90 Å². The number of amides is 1. The Balaban J connectivity index is 2.83. The molecule has 0 aliphatic carbocycles. The normalized spacial score (nSPS) is 24.7. The molecule has 1 fully saturated rings. The Hall–Kier alpha value is -1.63. The predicted octanol–water partition coefficient (Wildman–Crippen LogP) is -0.411. The van der Waals surface area contributed by atoms with Gasteiger partial charge in [0.25, 0.3) is 5.91 Å². The molecule has 19 heavy (non-hydrogen) atoms. The standard InChI is InChI=1S/C12H20N2O5/c1-3-19-12(18)8(13)10(15)14-6-4-5-7(2)9(14)11(16)17/h7-9H,3-6,13H2,1-2H3,(H,16,17). The van der Waals surface area contributed by atoms with Gasteiger partial charge in [-0.3, -0.25) is 4.79 Å². The number of rotatable bonds is 4. The van der Waals surface area contributed by atoms with Gasteiger partial charge in [-0.2, -0.15) is 0 Å². The Kier molecular flexibility index (Phi) is 5.29. The van der Waals surface area contributed by atoms with E-state index in [1.165, 1.54) is 4.90 Å². The molecule has 7 nitrogen and oxygen atoms in total. The topological polar surface area (TPSA) is 110 Å². The molecule has 7 heteroatoms. The molecule has 0 aromatic heterocycles. The highest BCUT2D eigenvalue weighted by atomic mass is 16.5. The Morgan fingerprint density at radius 3 is 2.63 bits per heavy atom. The SMILES string of the molecule is CCOC(=O)C(N)C(=O)N1CCCC(C)C1C(=O)O. The second kappa shape index (κ2) is 6.51. The van der Waals surface area contributed by atoms with E-state index in [1.807, 2.05) is 0 Å². The van der Waals surface area contributed by atoms with Crippen LogP contribution in [0.3, 0.4) is 0 Å². The molecule has 0 aromatic rings. The fraction of sp³-hybridized carbons (Fsp3) is 0.750. The molecule has 3 N–H and O–H groups in total. The molecule has 3 atom stereocenters. The quantitative estimate of drug-likeness (QED) is 0.531. The largest absolute Gasteiger partial charge is 0.480 e. The number of nitrogens with zero attached hydrogens (tertiary/aromatic N) is 1. The third-order valence-corrected chi connectivity index (χ3v) is 3.28. The van der Waals surface area contributed by atoms with Crippen LogP contribution in [-0.4, -0.2) is 53.1 Å². The predicted molar refractivity (Wildman–Crippen MR) is 66.1 cm³/mol. The van der Waals surface area contributed by atoms with Crippen LogP contribution in [0.25, 0.3) is 0 Å². The van der Waals surface area contributed by atoms with E-state index in [4.69, 9.17) is 5.73 Å². The van der Waals surface area contributed by atoms with E-state index in [0.717, 1.165) is 6.42 Å². The van der Waals surface area contributed by atoms with Crippen LogP contribution in [0.15, 0.2) is 0 Å². The lowest BCUT2D eigenvalue weighted by Gasteiger charge is -2.38. The lowest BCUT2D eigenvalue weighted by molar-refractivity contribution is -0.160. The zero-order valence-electron chi connectivity index (χ0n) is 11.2. The Morgan fingerprint density at radius 1 is 1.47 bits per heavy atom. The van der Waals surface area contributed by atoms with Crippen molar-refractivity contribution in [3.63, 3.8) is 0 Å². The molecule has 108 valence electrons. The molecular formula is C12H20N2O5. The Bertz CT molecular complexity index is 371. The summed E-state index contributed by atoms with van der Waals surface area (Å²) in [6, 6.07) is -2.38. The zero-order valence-corrected chi connectivity index (χ0v) is 11.2. The number of aliphatic carboxylic acids is 1. The first-order valence-corrected chi connectivity index (χ1v) is 6.35. The molecule has 0 aromatic carbocycles. The van der Waals surface area contributed by atoms with E-state index in [1.54, 1.807) is 13.8 Å². The number of likely N-dealkylation sites (tertiary alicyclic amines) is 1.